The molecule has 0 atom stereocenters. The zero-order valence-corrected chi connectivity index (χ0v) is 23.4. The second kappa shape index (κ2) is 10.1. The average molecular weight is 588 g/mol. The maximum atomic E-state index is 15.2. The number of amides is 1. The summed E-state index contributed by atoms with van der Waals surface area (Å²) in [7, 11) is -0.944. The van der Waals surface area contributed by atoms with E-state index in [1.54, 1.807) is 30.5 Å². The lowest BCUT2D eigenvalue weighted by atomic mass is 9.97. The van der Waals surface area contributed by atoms with E-state index in [0.717, 1.165) is 10.6 Å². The van der Waals surface area contributed by atoms with E-state index in [4.69, 9.17) is 4.42 Å². The van der Waals surface area contributed by atoms with Crippen molar-refractivity contribution in [3.63, 3.8) is 0 Å². The van der Waals surface area contributed by atoms with Gasteiger partial charge in [0.15, 0.2) is 5.65 Å². The van der Waals surface area contributed by atoms with Gasteiger partial charge in [-0.25, -0.2) is 27.2 Å². The number of imidazole rings is 1. The van der Waals surface area contributed by atoms with Gasteiger partial charge in [0.2, 0.25) is 10.0 Å². The molecule has 0 aliphatic carbocycles. The fourth-order valence-electron chi connectivity index (χ4n) is 4.82. The van der Waals surface area contributed by atoms with E-state index < -0.39 is 27.6 Å². The molecule has 3 aromatic carbocycles. The molecule has 0 radical (unpaired) electrons. The molecule has 0 aliphatic heterocycles. The van der Waals surface area contributed by atoms with Gasteiger partial charge in [-0.05, 0) is 66.2 Å². The van der Waals surface area contributed by atoms with E-state index >= 15 is 4.39 Å². The third-order valence-corrected chi connectivity index (χ3v) is 8.13. The van der Waals surface area contributed by atoms with E-state index in [-0.39, 0.29) is 22.6 Å². The molecule has 2 N–H and O–H groups in total. The number of sulfonamides is 1. The SMILES string of the molecule is CNC(=O)c1c(-c2ccc(F)cc2)oc2cc(N(C)S(C)(=O)=O)c(-c3cc(F)cc(-c4nc5cccnc5[nH]4)c3)cc12. The van der Waals surface area contributed by atoms with Crippen LogP contribution in [0.1, 0.15) is 10.4 Å². The highest BCUT2D eigenvalue weighted by molar-refractivity contribution is 7.92. The Morgan fingerprint density at radius 2 is 1.71 bits per heavy atom. The van der Waals surface area contributed by atoms with Crippen molar-refractivity contribution >= 4 is 43.8 Å². The fourth-order valence-corrected chi connectivity index (χ4v) is 5.33. The Bertz CT molecular complexity index is 2090. The molecule has 0 aliphatic rings. The number of pyridine rings is 1. The summed E-state index contributed by atoms with van der Waals surface area (Å²) in [5.74, 6) is -0.980. The number of aromatic amines is 1. The largest absolute Gasteiger partial charge is 0.455 e. The van der Waals surface area contributed by atoms with Crippen LogP contribution in [0.25, 0.3) is 56.0 Å². The standard InChI is InChI=1S/C30H23F2N5O4S/c1-33-30(38)26-22-14-21(17-11-18(13-20(32)12-17)28-35-23-5-4-10-34-29(23)36-28)24(37(2)42(3,39)40)15-25(22)41-27(26)16-6-8-19(31)9-7-16/h4-15H,1-3H3,(H,33,38)(H,34,35,36). The first-order chi connectivity index (χ1) is 20.0. The van der Waals surface area contributed by atoms with Crippen molar-refractivity contribution in [2.75, 3.05) is 24.7 Å². The minimum absolute atomic E-state index is 0.161. The normalized spacial score (nSPS) is 11.7. The second-order valence-electron chi connectivity index (χ2n) is 9.67. The molecule has 3 heterocycles. The van der Waals surface area contributed by atoms with Crippen molar-refractivity contribution < 1.29 is 26.4 Å². The quantitative estimate of drug-likeness (QED) is 0.256. The van der Waals surface area contributed by atoms with Gasteiger partial charge in [0.1, 0.15) is 34.3 Å². The Balaban J connectivity index is 1.63. The van der Waals surface area contributed by atoms with E-state index in [9.17, 15) is 17.6 Å². The third kappa shape index (κ3) is 4.75. The van der Waals surface area contributed by atoms with Crippen LogP contribution in [-0.4, -0.2) is 49.6 Å². The fraction of sp³-hybridized carbons (Fsp3) is 0.100. The molecule has 0 saturated heterocycles. The topological polar surface area (TPSA) is 121 Å². The van der Waals surface area contributed by atoms with Gasteiger partial charge in [0.25, 0.3) is 5.91 Å². The van der Waals surface area contributed by atoms with Crippen molar-refractivity contribution in [3.8, 4) is 33.8 Å². The monoisotopic (exact) mass is 587 g/mol. The zero-order valence-electron chi connectivity index (χ0n) is 22.6. The number of carbonyl (C=O) groups excluding carboxylic acids is 1. The van der Waals surface area contributed by atoms with Gasteiger partial charge in [-0.15, -0.1) is 0 Å². The lowest BCUT2D eigenvalue weighted by molar-refractivity contribution is 0.0964. The van der Waals surface area contributed by atoms with Crippen LogP contribution < -0.4 is 9.62 Å². The smallest absolute Gasteiger partial charge is 0.255 e. The molecule has 12 heteroatoms. The molecule has 3 aromatic heterocycles. The molecular formula is C30H23F2N5O4S. The molecule has 0 fully saturated rings. The predicted octanol–water partition coefficient (Wildman–Crippen LogP) is 5.74. The Morgan fingerprint density at radius 1 is 0.976 bits per heavy atom. The van der Waals surface area contributed by atoms with Crippen molar-refractivity contribution in [2.45, 2.75) is 0 Å². The number of anilines is 1. The van der Waals surface area contributed by atoms with Crippen molar-refractivity contribution in [1.29, 1.82) is 0 Å². The highest BCUT2D eigenvalue weighted by atomic mass is 32.2. The summed E-state index contributed by atoms with van der Waals surface area (Å²) in [6.07, 6.45) is 2.65. The van der Waals surface area contributed by atoms with Crippen molar-refractivity contribution in [3.05, 3.63) is 90.1 Å². The van der Waals surface area contributed by atoms with Crippen LogP contribution in [0.5, 0.6) is 0 Å². The number of H-pyrrole nitrogens is 1. The molecule has 6 rings (SSSR count). The number of nitrogens with zero attached hydrogens (tertiary/aromatic N) is 3. The second-order valence-corrected chi connectivity index (χ2v) is 11.7. The lowest BCUT2D eigenvalue weighted by Crippen LogP contribution is -2.25. The van der Waals surface area contributed by atoms with Gasteiger partial charge in [-0.3, -0.25) is 9.10 Å². The van der Waals surface area contributed by atoms with Gasteiger partial charge < -0.3 is 14.7 Å². The van der Waals surface area contributed by atoms with Crippen molar-refractivity contribution in [2.24, 2.45) is 0 Å². The maximum Gasteiger partial charge on any atom is 0.255 e. The van der Waals surface area contributed by atoms with Crippen LogP contribution in [0.4, 0.5) is 14.5 Å². The highest BCUT2D eigenvalue weighted by Crippen LogP contribution is 2.42. The number of rotatable bonds is 6. The minimum Gasteiger partial charge on any atom is -0.455 e. The lowest BCUT2D eigenvalue weighted by Gasteiger charge is -2.21. The first kappa shape index (κ1) is 27.1. The number of furan rings is 1. The summed E-state index contributed by atoms with van der Waals surface area (Å²) < 4.78 is 61.3. The summed E-state index contributed by atoms with van der Waals surface area (Å²) in [4.78, 5) is 25.0. The van der Waals surface area contributed by atoms with E-state index in [1.165, 1.54) is 56.6 Å². The van der Waals surface area contributed by atoms with Gasteiger partial charge >= 0.3 is 0 Å². The van der Waals surface area contributed by atoms with Crippen LogP contribution in [0.2, 0.25) is 0 Å². The average Bonchev–Trinajstić information content (AvgIpc) is 3.57. The predicted molar refractivity (Wildman–Crippen MR) is 157 cm³/mol. The number of hydrogen-bond donors (Lipinski definition) is 2. The number of benzene rings is 3. The summed E-state index contributed by atoms with van der Waals surface area (Å²) in [5, 5.41) is 2.95. The molecule has 0 saturated carbocycles. The number of carbonyl (C=O) groups is 1. The third-order valence-electron chi connectivity index (χ3n) is 6.94. The van der Waals surface area contributed by atoms with Gasteiger partial charge in [0, 0.05) is 48.4 Å². The number of nitrogens with one attached hydrogen (secondary N) is 2. The molecule has 1 amide bonds. The molecule has 212 valence electrons. The Hall–Kier alpha value is -5.10. The molecular weight excluding hydrogens is 564 g/mol. The van der Waals surface area contributed by atoms with Crippen LogP contribution in [0.3, 0.4) is 0 Å². The van der Waals surface area contributed by atoms with Gasteiger partial charge in [0.05, 0.1) is 17.5 Å². The number of hydrogen-bond acceptors (Lipinski definition) is 6. The first-order valence-corrected chi connectivity index (χ1v) is 14.5. The summed E-state index contributed by atoms with van der Waals surface area (Å²) >= 11 is 0. The maximum absolute atomic E-state index is 15.2. The van der Waals surface area contributed by atoms with Crippen LogP contribution in [-0.2, 0) is 10.0 Å². The summed E-state index contributed by atoms with van der Waals surface area (Å²) in [6, 6.07) is 16.3. The Labute approximate surface area is 238 Å². The highest BCUT2D eigenvalue weighted by Gasteiger charge is 2.26. The minimum atomic E-state index is -3.78. The van der Waals surface area contributed by atoms with E-state index in [0.29, 0.717) is 44.6 Å². The Kier molecular flexibility index (Phi) is 6.49. The van der Waals surface area contributed by atoms with E-state index in [2.05, 4.69) is 20.3 Å². The van der Waals surface area contributed by atoms with Gasteiger partial charge in [-0.2, -0.15) is 0 Å². The van der Waals surface area contributed by atoms with Crippen LogP contribution >= 0.6 is 0 Å². The number of halogens is 2. The molecule has 9 nitrogen and oxygen atoms in total. The molecule has 0 bridgehead atoms. The summed E-state index contributed by atoms with van der Waals surface area (Å²) in [5.41, 5.74) is 3.18. The first-order valence-electron chi connectivity index (χ1n) is 12.7. The molecule has 0 unspecified atom stereocenters. The molecule has 0 spiro atoms. The van der Waals surface area contributed by atoms with Gasteiger partial charge in [-0.1, -0.05) is 0 Å². The zero-order chi connectivity index (χ0) is 29.8. The summed E-state index contributed by atoms with van der Waals surface area (Å²) in [6.45, 7) is 0. The molecule has 6 aromatic rings. The number of fused-ring (bicyclic) bond motifs is 2. The number of aromatic nitrogens is 3. The molecule has 42 heavy (non-hydrogen) atoms. The van der Waals surface area contributed by atoms with Crippen molar-refractivity contribution in [1.82, 2.24) is 20.3 Å². The van der Waals surface area contributed by atoms with Crippen LogP contribution in [0.15, 0.2) is 77.3 Å². The Morgan fingerprint density at radius 3 is 2.40 bits per heavy atom. The van der Waals surface area contributed by atoms with Crippen LogP contribution in [0, 0.1) is 11.6 Å². The van der Waals surface area contributed by atoms with E-state index in [1.807, 2.05) is 0 Å².